The van der Waals surface area contributed by atoms with E-state index in [4.69, 9.17) is 4.74 Å². The topological polar surface area (TPSA) is 76.4 Å². The van der Waals surface area contributed by atoms with Crippen molar-refractivity contribution in [1.29, 1.82) is 0 Å². The molecule has 0 spiro atoms. The zero-order valence-electron chi connectivity index (χ0n) is 16.8. The molecule has 0 aliphatic heterocycles. The Labute approximate surface area is 158 Å². The van der Waals surface area contributed by atoms with E-state index < -0.39 is 0 Å². The highest BCUT2D eigenvalue weighted by atomic mass is 16.5. The lowest BCUT2D eigenvalue weighted by atomic mass is 10.0. The van der Waals surface area contributed by atoms with Gasteiger partial charge in [0.05, 0.1) is 0 Å². The SMILES string of the molecule is CCOCCCNC(=NCc1nnc(C)n1C)NCCCC1CCCC1. The van der Waals surface area contributed by atoms with E-state index in [0.29, 0.717) is 6.54 Å². The molecular weight excluding hydrogens is 328 g/mol. The number of aryl methyl sites for hydroxylation is 1. The van der Waals surface area contributed by atoms with E-state index in [9.17, 15) is 0 Å². The third-order valence-electron chi connectivity index (χ3n) is 5.08. The van der Waals surface area contributed by atoms with Crippen molar-refractivity contribution in [3.8, 4) is 0 Å². The second-order valence-corrected chi connectivity index (χ2v) is 7.08. The minimum Gasteiger partial charge on any atom is -0.382 e. The van der Waals surface area contributed by atoms with Gasteiger partial charge in [0.1, 0.15) is 12.4 Å². The number of aliphatic imine (C=N–C) groups is 1. The van der Waals surface area contributed by atoms with Crippen LogP contribution in [0.2, 0.25) is 0 Å². The fraction of sp³-hybridized carbons (Fsp3) is 0.842. The van der Waals surface area contributed by atoms with Crippen molar-refractivity contribution in [2.45, 2.75) is 65.3 Å². The van der Waals surface area contributed by atoms with Gasteiger partial charge in [0.15, 0.2) is 11.8 Å². The molecule has 0 bridgehead atoms. The van der Waals surface area contributed by atoms with Crippen LogP contribution in [-0.4, -0.2) is 47.0 Å². The summed E-state index contributed by atoms with van der Waals surface area (Å²) in [7, 11) is 1.98. The summed E-state index contributed by atoms with van der Waals surface area (Å²) in [4.78, 5) is 4.69. The Kier molecular flexibility index (Phi) is 9.45. The Bertz CT molecular complexity index is 536. The average molecular weight is 365 g/mol. The summed E-state index contributed by atoms with van der Waals surface area (Å²) in [6.45, 7) is 7.87. The molecule has 1 saturated carbocycles. The molecule has 7 nitrogen and oxygen atoms in total. The van der Waals surface area contributed by atoms with Crippen LogP contribution in [0, 0.1) is 12.8 Å². The monoisotopic (exact) mass is 364 g/mol. The minimum atomic E-state index is 0.529. The number of guanidine groups is 1. The number of hydrogen-bond donors (Lipinski definition) is 2. The zero-order chi connectivity index (χ0) is 18.6. The van der Waals surface area contributed by atoms with Crippen molar-refractivity contribution < 1.29 is 4.74 Å². The van der Waals surface area contributed by atoms with Gasteiger partial charge in [-0.15, -0.1) is 10.2 Å². The molecule has 2 rings (SSSR count). The number of nitrogens with zero attached hydrogens (tertiary/aromatic N) is 4. The molecule has 0 atom stereocenters. The lowest BCUT2D eigenvalue weighted by Gasteiger charge is -2.14. The second kappa shape index (κ2) is 11.9. The highest BCUT2D eigenvalue weighted by molar-refractivity contribution is 5.79. The predicted octanol–water partition coefficient (Wildman–Crippen LogP) is 2.56. The van der Waals surface area contributed by atoms with Crippen molar-refractivity contribution in [2.75, 3.05) is 26.3 Å². The fourth-order valence-corrected chi connectivity index (χ4v) is 3.33. The van der Waals surface area contributed by atoms with E-state index in [1.165, 1.54) is 38.5 Å². The summed E-state index contributed by atoms with van der Waals surface area (Å²) < 4.78 is 7.38. The van der Waals surface area contributed by atoms with Crippen LogP contribution < -0.4 is 10.6 Å². The third-order valence-corrected chi connectivity index (χ3v) is 5.08. The van der Waals surface area contributed by atoms with Crippen LogP contribution in [0.4, 0.5) is 0 Å². The first-order valence-corrected chi connectivity index (χ1v) is 10.2. The number of rotatable bonds is 11. The van der Waals surface area contributed by atoms with Gasteiger partial charge in [-0.1, -0.05) is 25.7 Å². The summed E-state index contributed by atoms with van der Waals surface area (Å²) in [6, 6.07) is 0. The van der Waals surface area contributed by atoms with E-state index >= 15 is 0 Å². The first-order valence-electron chi connectivity index (χ1n) is 10.2. The number of ether oxygens (including phenoxy) is 1. The highest BCUT2D eigenvalue weighted by Crippen LogP contribution is 2.28. The minimum absolute atomic E-state index is 0.529. The lowest BCUT2D eigenvalue weighted by molar-refractivity contribution is 0.145. The maximum absolute atomic E-state index is 5.40. The smallest absolute Gasteiger partial charge is 0.191 e. The van der Waals surface area contributed by atoms with E-state index in [0.717, 1.165) is 56.3 Å². The van der Waals surface area contributed by atoms with Gasteiger partial charge in [-0.05, 0) is 39.0 Å². The van der Waals surface area contributed by atoms with Crippen LogP contribution in [-0.2, 0) is 18.3 Å². The van der Waals surface area contributed by atoms with Crippen molar-refractivity contribution >= 4 is 5.96 Å². The van der Waals surface area contributed by atoms with E-state index in [1.54, 1.807) is 0 Å². The van der Waals surface area contributed by atoms with Gasteiger partial charge in [0.25, 0.3) is 0 Å². The van der Waals surface area contributed by atoms with Gasteiger partial charge in [-0.3, -0.25) is 0 Å². The molecule has 0 amide bonds. The average Bonchev–Trinajstić information content (AvgIpc) is 3.27. The van der Waals surface area contributed by atoms with Gasteiger partial charge in [0.2, 0.25) is 0 Å². The van der Waals surface area contributed by atoms with Crippen LogP contribution in [0.25, 0.3) is 0 Å². The summed E-state index contributed by atoms with van der Waals surface area (Å²) in [5.41, 5.74) is 0. The van der Waals surface area contributed by atoms with Crippen LogP contribution in [0.3, 0.4) is 0 Å². The molecule has 2 N–H and O–H groups in total. The Morgan fingerprint density at radius 3 is 2.58 bits per heavy atom. The third kappa shape index (κ3) is 7.32. The largest absolute Gasteiger partial charge is 0.382 e. The molecule has 1 fully saturated rings. The molecular formula is C19H36N6O. The van der Waals surface area contributed by atoms with E-state index in [1.807, 2.05) is 25.5 Å². The van der Waals surface area contributed by atoms with Crippen molar-refractivity contribution in [2.24, 2.45) is 18.0 Å². The first-order chi connectivity index (χ1) is 12.7. The highest BCUT2D eigenvalue weighted by Gasteiger charge is 2.14. The Morgan fingerprint density at radius 1 is 1.19 bits per heavy atom. The normalized spacial score (nSPS) is 15.6. The Morgan fingerprint density at radius 2 is 1.92 bits per heavy atom. The van der Waals surface area contributed by atoms with Crippen molar-refractivity contribution in [1.82, 2.24) is 25.4 Å². The van der Waals surface area contributed by atoms with Gasteiger partial charge in [0, 0.05) is 33.4 Å². The van der Waals surface area contributed by atoms with E-state index in [-0.39, 0.29) is 0 Å². The standard InChI is InChI=1S/C19H36N6O/c1-4-26-14-8-13-21-19(20-12-7-11-17-9-5-6-10-17)22-15-18-24-23-16(2)25(18)3/h17H,4-15H2,1-3H3,(H2,20,21,22). The number of aromatic nitrogens is 3. The summed E-state index contributed by atoms with van der Waals surface area (Å²) in [6.07, 6.45) is 9.18. The molecule has 0 aromatic carbocycles. The molecule has 7 heteroatoms. The molecule has 0 unspecified atom stereocenters. The fourth-order valence-electron chi connectivity index (χ4n) is 3.33. The van der Waals surface area contributed by atoms with Crippen molar-refractivity contribution in [3.05, 3.63) is 11.6 Å². The zero-order valence-corrected chi connectivity index (χ0v) is 16.8. The lowest BCUT2D eigenvalue weighted by Crippen LogP contribution is -2.38. The van der Waals surface area contributed by atoms with Gasteiger partial charge in [-0.2, -0.15) is 0 Å². The number of hydrogen-bond acceptors (Lipinski definition) is 4. The maximum Gasteiger partial charge on any atom is 0.191 e. The number of nitrogens with one attached hydrogen (secondary N) is 2. The Balaban J connectivity index is 1.77. The Hall–Kier alpha value is -1.63. The van der Waals surface area contributed by atoms with Crippen LogP contribution in [0.15, 0.2) is 4.99 Å². The van der Waals surface area contributed by atoms with Gasteiger partial charge in [-0.25, -0.2) is 4.99 Å². The molecule has 1 aliphatic carbocycles. The summed E-state index contributed by atoms with van der Waals surface area (Å²) in [5, 5.41) is 15.2. The maximum atomic E-state index is 5.40. The molecule has 26 heavy (non-hydrogen) atoms. The molecule has 148 valence electrons. The molecule has 1 aromatic rings. The van der Waals surface area contributed by atoms with Gasteiger partial charge < -0.3 is 19.9 Å². The second-order valence-electron chi connectivity index (χ2n) is 7.08. The summed E-state index contributed by atoms with van der Waals surface area (Å²) in [5.74, 6) is 3.58. The van der Waals surface area contributed by atoms with E-state index in [2.05, 4.69) is 25.8 Å². The molecule has 1 aliphatic rings. The molecule has 0 radical (unpaired) electrons. The molecule has 0 saturated heterocycles. The van der Waals surface area contributed by atoms with Crippen LogP contribution in [0.5, 0.6) is 0 Å². The van der Waals surface area contributed by atoms with Crippen LogP contribution in [0.1, 0.15) is 63.5 Å². The van der Waals surface area contributed by atoms with Crippen LogP contribution >= 0.6 is 0 Å². The van der Waals surface area contributed by atoms with Gasteiger partial charge >= 0.3 is 0 Å². The molecule has 1 heterocycles. The first kappa shape index (κ1) is 20.7. The molecule has 1 aromatic heterocycles. The van der Waals surface area contributed by atoms with Crippen molar-refractivity contribution in [3.63, 3.8) is 0 Å². The predicted molar refractivity (Wildman–Crippen MR) is 105 cm³/mol. The quantitative estimate of drug-likeness (QED) is 0.358. The summed E-state index contributed by atoms with van der Waals surface area (Å²) >= 11 is 0.